The van der Waals surface area contributed by atoms with E-state index in [2.05, 4.69) is 5.32 Å². The summed E-state index contributed by atoms with van der Waals surface area (Å²) in [4.78, 5) is 35.0. The lowest BCUT2D eigenvalue weighted by Gasteiger charge is -2.18. The second kappa shape index (κ2) is 9.64. The molecule has 0 saturated heterocycles. The fraction of sp³-hybridized carbons (Fsp3) is 0.273. The van der Waals surface area contributed by atoms with Crippen molar-refractivity contribution in [3.63, 3.8) is 0 Å². The van der Waals surface area contributed by atoms with Crippen LogP contribution in [0.3, 0.4) is 0 Å². The van der Waals surface area contributed by atoms with E-state index in [1.54, 1.807) is 6.07 Å². The smallest absolute Gasteiger partial charge is 0.331 e. The summed E-state index contributed by atoms with van der Waals surface area (Å²) >= 11 is 0. The van der Waals surface area contributed by atoms with Crippen molar-refractivity contribution in [2.75, 3.05) is 5.32 Å². The molecule has 2 aromatic rings. The highest BCUT2D eigenvalue weighted by atomic mass is 16.6. The maximum Gasteiger partial charge on any atom is 0.331 e. The molecule has 0 spiro atoms. The third-order valence-corrected chi connectivity index (χ3v) is 4.37. The van der Waals surface area contributed by atoms with E-state index in [1.165, 1.54) is 31.2 Å². The fourth-order valence-corrected chi connectivity index (χ4v) is 2.79. The summed E-state index contributed by atoms with van der Waals surface area (Å²) in [5.41, 5.74) is 2.77. The Balaban J connectivity index is 2.05. The molecule has 152 valence electrons. The highest BCUT2D eigenvalue weighted by Crippen LogP contribution is 2.27. The van der Waals surface area contributed by atoms with Crippen molar-refractivity contribution in [2.45, 2.75) is 39.7 Å². The number of hydrogen-bond donors (Lipinski definition) is 1. The summed E-state index contributed by atoms with van der Waals surface area (Å²) in [5, 5.41) is 13.8. The van der Waals surface area contributed by atoms with Gasteiger partial charge in [-0.1, -0.05) is 44.2 Å². The first-order valence-electron chi connectivity index (χ1n) is 9.23. The van der Waals surface area contributed by atoms with Crippen LogP contribution in [0.1, 0.15) is 43.4 Å². The van der Waals surface area contributed by atoms with Gasteiger partial charge in [0.1, 0.15) is 0 Å². The minimum absolute atomic E-state index is 0.122. The van der Waals surface area contributed by atoms with Gasteiger partial charge in [-0.25, -0.2) is 4.79 Å². The molecular weight excluding hydrogens is 372 g/mol. The zero-order valence-electron chi connectivity index (χ0n) is 16.8. The number of benzene rings is 2. The summed E-state index contributed by atoms with van der Waals surface area (Å²) in [6.07, 6.45) is 1.33. The quantitative estimate of drug-likeness (QED) is 0.319. The van der Waals surface area contributed by atoms with E-state index < -0.39 is 22.9 Å². The average Bonchev–Trinajstić information content (AvgIpc) is 2.67. The van der Waals surface area contributed by atoms with E-state index in [1.807, 2.05) is 39.0 Å². The van der Waals surface area contributed by atoms with E-state index in [9.17, 15) is 19.7 Å². The van der Waals surface area contributed by atoms with Gasteiger partial charge in [-0.3, -0.25) is 14.9 Å². The number of nitro benzene ring substituents is 1. The average molecular weight is 396 g/mol. The van der Waals surface area contributed by atoms with E-state index in [0.29, 0.717) is 5.69 Å². The van der Waals surface area contributed by atoms with Crippen LogP contribution < -0.4 is 5.32 Å². The number of para-hydroxylation sites is 2. The molecule has 0 bridgehead atoms. The standard InChI is InChI=1S/C22H24N2O5/c1-14(2)18-10-7-8-15(3)21(18)23-22(26)16(4)29-20(25)13-12-17-9-5-6-11-19(17)24(27)28/h5-14,16H,1-4H3,(H,23,26)/b13-12+/t16-/m0/s1. The Labute approximate surface area is 169 Å². The second-order valence-corrected chi connectivity index (χ2v) is 6.91. The van der Waals surface area contributed by atoms with Crippen molar-refractivity contribution in [2.24, 2.45) is 0 Å². The molecule has 0 unspecified atom stereocenters. The number of carbonyl (C=O) groups is 2. The topological polar surface area (TPSA) is 98.5 Å². The summed E-state index contributed by atoms with van der Waals surface area (Å²) in [6, 6.07) is 11.8. The Morgan fingerprint density at radius 3 is 2.45 bits per heavy atom. The van der Waals surface area contributed by atoms with Gasteiger partial charge in [-0.2, -0.15) is 0 Å². The number of hydrogen-bond acceptors (Lipinski definition) is 5. The van der Waals surface area contributed by atoms with Crippen molar-refractivity contribution in [1.29, 1.82) is 0 Å². The molecule has 0 aliphatic heterocycles. The number of nitrogens with one attached hydrogen (secondary N) is 1. The molecule has 0 saturated carbocycles. The van der Waals surface area contributed by atoms with Gasteiger partial charge < -0.3 is 10.1 Å². The monoisotopic (exact) mass is 396 g/mol. The molecule has 7 heteroatoms. The highest BCUT2D eigenvalue weighted by Gasteiger charge is 2.20. The molecule has 1 atom stereocenters. The van der Waals surface area contributed by atoms with E-state index >= 15 is 0 Å². The Hall–Kier alpha value is -3.48. The second-order valence-electron chi connectivity index (χ2n) is 6.91. The minimum atomic E-state index is -1.03. The Bertz CT molecular complexity index is 950. The van der Waals surface area contributed by atoms with E-state index in [4.69, 9.17) is 4.74 Å². The van der Waals surface area contributed by atoms with Crippen LogP contribution in [0.15, 0.2) is 48.5 Å². The summed E-state index contributed by atoms with van der Waals surface area (Å²) in [7, 11) is 0. The molecular formula is C22H24N2O5. The predicted octanol–water partition coefficient (Wildman–Crippen LogP) is 4.61. The Morgan fingerprint density at radius 2 is 1.79 bits per heavy atom. The number of nitrogens with zero attached hydrogens (tertiary/aromatic N) is 1. The molecule has 7 nitrogen and oxygen atoms in total. The minimum Gasteiger partial charge on any atom is -0.449 e. The summed E-state index contributed by atoms with van der Waals surface area (Å²) in [5.74, 6) is -0.999. The van der Waals surface area contributed by atoms with Crippen molar-refractivity contribution in [1.82, 2.24) is 0 Å². The van der Waals surface area contributed by atoms with Crippen molar-refractivity contribution in [3.8, 4) is 0 Å². The van der Waals surface area contributed by atoms with Crippen LogP contribution >= 0.6 is 0 Å². The number of amides is 1. The number of nitro groups is 1. The van der Waals surface area contributed by atoms with Crippen LogP contribution in [-0.4, -0.2) is 22.9 Å². The van der Waals surface area contributed by atoms with Crippen LogP contribution in [0.25, 0.3) is 6.08 Å². The lowest BCUT2D eigenvalue weighted by atomic mass is 9.98. The third-order valence-electron chi connectivity index (χ3n) is 4.37. The number of aryl methyl sites for hydroxylation is 1. The van der Waals surface area contributed by atoms with Gasteiger partial charge in [0.25, 0.3) is 11.6 Å². The molecule has 1 N–H and O–H groups in total. The van der Waals surface area contributed by atoms with Crippen molar-refractivity contribution in [3.05, 3.63) is 75.3 Å². The van der Waals surface area contributed by atoms with Gasteiger partial charge in [0.15, 0.2) is 6.10 Å². The first kappa shape index (κ1) is 21.8. The van der Waals surface area contributed by atoms with Crippen molar-refractivity contribution < 1.29 is 19.2 Å². The maximum absolute atomic E-state index is 12.5. The lowest BCUT2D eigenvalue weighted by Crippen LogP contribution is -2.30. The van der Waals surface area contributed by atoms with Gasteiger partial charge in [0.05, 0.1) is 10.5 Å². The number of rotatable bonds is 7. The fourth-order valence-electron chi connectivity index (χ4n) is 2.79. The maximum atomic E-state index is 12.5. The van der Waals surface area contributed by atoms with Gasteiger partial charge in [-0.15, -0.1) is 0 Å². The van der Waals surface area contributed by atoms with E-state index in [0.717, 1.165) is 17.2 Å². The predicted molar refractivity (Wildman–Crippen MR) is 112 cm³/mol. The third kappa shape index (κ3) is 5.75. The highest BCUT2D eigenvalue weighted by molar-refractivity contribution is 5.97. The normalized spacial score (nSPS) is 12.0. The molecule has 0 fully saturated rings. The first-order valence-corrected chi connectivity index (χ1v) is 9.23. The lowest BCUT2D eigenvalue weighted by molar-refractivity contribution is -0.385. The molecule has 1 amide bonds. The SMILES string of the molecule is Cc1cccc(C(C)C)c1NC(=O)[C@H](C)OC(=O)/C=C/c1ccccc1[N+](=O)[O-]. The van der Waals surface area contributed by atoms with Gasteiger partial charge in [0, 0.05) is 17.8 Å². The number of ether oxygens (including phenoxy) is 1. The summed E-state index contributed by atoms with van der Waals surface area (Å²) < 4.78 is 5.14. The zero-order chi connectivity index (χ0) is 21.6. The summed E-state index contributed by atoms with van der Waals surface area (Å²) in [6.45, 7) is 7.43. The molecule has 2 aromatic carbocycles. The molecule has 0 aliphatic rings. The molecule has 0 radical (unpaired) electrons. The Kier molecular flexibility index (Phi) is 7.25. The molecule has 0 aliphatic carbocycles. The molecule has 2 rings (SSSR count). The van der Waals surface area contributed by atoms with Crippen LogP contribution in [0, 0.1) is 17.0 Å². The van der Waals surface area contributed by atoms with Gasteiger partial charge in [0.2, 0.25) is 0 Å². The van der Waals surface area contributed by atoms with Crippen LogP contribution in [-0.2, 0) is 14.3 Å². The first-order chi connectivity index (χ1) is 13.7. The number of esters is 1. The largest absolute Gasteiger partial charge is 0.449 e. The number of anilines is 1. The van der Waals surface area contributed by atoms with E-state index in [-0.39, 0.29) is 17.2 Å². The molecule has 0 aromatic heterocycles. The van der Waals surface area contributed by atoms with Crippen LogP contribution in [0.5, 0.6) is 0 Å². The van der Waals surface area contributed by atoms with Gasteiger partial charge >= 0.3 is 5.97 Å². The van der Waals surface area contributed by atoms with Crippen LogP contribution in [0.2, 0.25) is 0 Å². The Morgan fingerprint density at radius 1 is 1.10 bits per heavy atom. The number of carbonyl (C=O) groups excluding carboxylic acids is 2. The van der Waals surface area contributed by atoms with Gasteiger partial charge in [-0.05, 0) is 43.0 Å². The zero-order valence-corrected chi connectivity index (χ0v) is 16.8. The van der Waals surface area contributed by atoms with Crippen LogP contribution in [0.4, 0.5) is 11.4 Å². The van der Waals surface area contributed by atoms with Crippen molar-refractivity contribution >= 4 is 29.3 Å². The molecule has 29 heavy (non-hydrogen) atoms. The molecule has 0 heterocycles.